The predicted molar refractivity (Wildman–Crippen MR) is 151 cm³/mol. The fourth-order valence-electron chi connectivity index (χ4n) is 5.94. The fourth-order valence-corrected chi connectivity index (χ4v) is 36.7. The van der Waals surface area contributed by atoms with Crippen LogP contribution >= 0.6 is 0 Å². The highest BCUT2D eigenvalue weighted by Gasteiger charge is 2.61. The smallest absolute Gasteiger partial charge is 0.172 e. The van der Waals surface area contributed by atoms with Crippen molar-refractivity contribution in [2.24, 2.45) is 0 Å². The van der Waals surface area contributed by atoms with Crippen molar-refractivity contribution in [2.45, 2.75) is 174 Å². The molecule has 1 unspecified atom stereocenters. The second-order valence-electron chi connectivity index (χ2n) is 12.8. The van der Waals surface area contributed by atoms with Gasteiger partial charge in [-0.2, -0.15) is 0 Å². The van der Waals surface area contributed by atoms with Crippen molar-refractivity contribution in [1.82, 2.24) is 0 Å². The monoisotopic (exact) mass is 484 g/mol. The zero-order chi connectivity index (χ0) is 23.4. The van der Waals surface area contributed by atoms with Gasteiger partial charge in [-0.1, -0.05) is 136 Å². The summed E-state index contributed by atoms with van der Waals surface area (Å²) < 4.78 is 6.97. The Morgan fingerprint density at radius 1 is 0.581 bits per heavy atom. The summed E-state index contributed by atoms with van der Waals surface area (Å²) in [6.45, 7) is 20.5. The van der Waals surface area contributed by atoms with Crippen LogP contribution < -0.4 is 0 Å². The quantitative estimate of drug-likeness (QED) is 0.147. The Bertz CT molecular complexity index is 453. The molecule has 1 aliphatic heterocycles. The molecule has 0 aromatic carbocycles. The molecule has 0 bridgehead atoms. The van der Waals surface area contributed by atoms with Crippen LogP contribution in [0.15, 0.2) is 0 Å². The van der Waals surface area contributed by atoms with Crippen molar-refractivity contribution in [3.63, 3.8) is 0 Å². The summed E-state index contributed by atoms with van der Waals surface area (Å²) in [6.07, 6.45) is 24.5. The number of rotatable bonds is 17. The molecule has 0 amide bonds. The van der Waals surface area contributed by atoms with Crippen LogP contribution in [0, 0.1) is 0 Å². The summed E-state index contributed by atoms with van der Waals surface area (Å²) in [5.74, 6) is 0. The van der Waals surface area contributed by atoms with E-state index in [0.29, 0.717) is 0 Å². The molecule has 1 aliphatic rings. The van der Waals surface area contributed by atoms with Crippen molar-refractivity contribution in [3.05, 3.63) is 0 Å². The molecule has 0 aliphatic carbocycles. The molecule has 0 radical (unpaired) electrons. The van der Waals surface area contributed by atoms with Crippen LogP contribution in [-0.4, -0.2) is 28.1 Å². The van der Waals surface area contributed by atoms with Crippen molar-refractivity contribution in [1.29, 1.82) is 0 Å². The van der Waals surface area contributed by atoms with Crippen molar-refractivity contribution in [2.75, 3.05) is 0 Å². The van der Waals surface area contributed by atoms with Crippen molar-refractivity contribution < 1.29 is 4.43 Å². The van der Waals surface area contributed by atoms with Crippen LogP contribution in [0.25, 0.3) is 0 Å². The van der Waals surface area contributed by atoms with E-state index in [4.69, 9.17) is 4.43 Å². The molecular weight excluding hydrogens is 425 g/mol. The molecule has 0 aromatic rings. The molecule has 0 N–H and O–H groups in total. The van der Waals surface area contributed by atoms with Gasteiger partial charge in [0.1, 0.15) is 0 Å². The standard InChI is InChI=1S/C27H60OSi3/c1-9-10-11-12-13-14-15-16-17-18-19-20-21-22-23-24-25-27(2)26-29(3,4)31(7,8)30(5,6)28-27/h9-26H2,1-8H3. The van der Waals surface area contributed by atoms with Gasteiger partial charge in [-0.15, -0.1) is 0 Å². The minimum atomic E-state index is -1.50. The van der Waals surface area contributed by atoms with Crippen LogP contribution in [0.5, 0.6) is 0 Å². The molecule has 4 heteroatoms. The molecule has 1 heterocycles. The summed E-state index contributed by atoms with van der Waals surface area (Å²) in [6, 6.07) is 1.41. The first kappa shape index (κ1) is 29.6. The van der Waals surface area contributed by atoms with Crippen LogP contribution in [0.1, 0.15) is 123 Å². The normalized spacial score (nSPS) is 24.4. The lowest BCUT2D eigenvalue weighted by atomic mass is 9.99. The fraction of sp³-hybridized carbons (Fsp3) is 1.00. The highest BCUT2D eigenvalue weighted by Crippen LogP contribution is 2.45. The SMILES string of the molecule is CCCCCCCCCCCCCCCCCCC1(C)C[Si](C)(C)[Si](C)(C)[Si](C)(C)O1. The maximum atomic E-state index is 6.97. The molecule has 0 aromatic heterocycles. The van der Waals surface area contributed by atoms with Crippen molar-refractivity contribution in [3.8, 4) is 0 Å². The zero-order valence-electron chi connectivity index (χ0n) is 23.1. The Kier molecular flexibility index (Phi) is 13.5. The third-order valence-corrected chi connectivity index (χ3v) is 49.6. The van der Waals surface area contributed by atoms with E-state index >= 15 is 0 Å². The summed E-state index contributed by atoms with van der Waals surface area (Å²) in [5, 5.41) is 0. The Morgan fingerprint density at radius 2 is 0.935 bits per heavy atom. The molecule has 1 saturated heterocycles. The second kappa shape index (κ2) is 14.1. The third kappa shape index (κ3) is 10.2. The van der Waals surface area contributed by atoms with E-state index in [9.17, 15) is 0 Å². The van der Waals surface area contributed by atoms with E-state index in [1.54, 1.807) is 0 Å². The van der Waals surface area contributed by atoms with E-state index in [1.165, 1.54) is 115 Å². The van der Waals surface area contributed by atoms with Gasteiger partial charge in [0.15, 0.2) is 7.83 Å². The van der Waals surface area contributed by atoms with Crippen LogP contribution in [0.4, 0.5) is 0 Å². The molecule has 1 fully saturated rings. The molecule has 186 valence electrons. The minimum absolute atomic E-state index is 0.198. The van der Waals surface area contributed by atoms with Crippen LogP contribution in [0.2, 0.25) is 45.3 Å². The highest BCUT2D eigenvalue weighted by molar-refractivity contribution is 7.67. The van der Waals surface area contributed by atoms with Gasteiger partial charge in [-0.3, -0.25) is 0 Å². The predicted octanol–water partition coefficient (Wildman–Crippen LogP) is 10.2. The summed E-state index contributed by atoms with van der Waals surface area (Å²) in [4.78, 5) is 0. The minimum Gasteiger partial charge on any atom is -0.415 e. The Morgan fingerprint density at radius 3 is 1.29 bits per heavy atom. The first-order valence-electron chi connectivity index (χ1n) is 14.2. The lowest BCUT2D eigenvalue weighted by molar-refractivity contribution is 0.0877. The van der Waals surface area contributed by atoms with E-state index in [1.807, 2.05) is 0 Å². The van der Waals surface area contributed by atoms with Crippen LogP contribution in [-0.2, 0) is 4.43 Å². The largest absolute Gasteiger partial charge is 0.415 e. The Labute approximate surface area is 200 Å². The summed E-state index contributed by atoms with van der Waals surface area (Å²) in [7, 11) is -3.79. The van der Waals surface area contributed by atoms with E-state index in [0.717, 1.165) is 0 Å². The molecular formula is C27H60OSi3. The van der Waals surface area contributed by atoms with Gasteiger partial charge >= 0.3 is 0 Å². The third-order valence-electron chi connectivity index (χ3n) is 9.07. The first-order valence-corrected chi connectivity index (χ1v) is 25.3. The highest BCUT2D eigenvalue weighted by atomic mass is 29.6. The molecule has 1 nitrogen and oxygen atoms in total. The lowest BCUT2D eigenvalue weighted by Gasteiger charge is -2.58. The topological polar surface area (TPSA) is 9.23 Å². The summed E-state index contributed by atoms with van der Waals surface area (Å²) >= 11 is 0. The van der Waals surface area contributed by atoms with Gasteiger partial charge < -0.3 is 4.43 Å². The molecule has 31 heavy (non-hydrogen) atoms. The Balaban J connectivity index is 2.02. The average molecular weight is 485 g/mol. The molecule has 1 atom stereocenters. The molecule has 0 spiro atoms. The second-order valence-corrected chi connectivity index (χ2v) is 40.1. The first-order chi connectivity index (χ1) is 14.5. The van der Waals surface area contributed by atoms with Gasteiger partial charge in [0.05, 0.1) is 12.7 Å². The van der Waals surface area contributed by atoms with Crippen molar-refractivity contribution >= 4 is 22.5 Å². The number of hydrogen-bond acceptors (Lipinski definition) is 1. The van der Waals surface area contributed by atoms with E-state index in [2.05, 4.69) is 53.1 Å². The van der Waals surface area contributed by atoms with Gasteiger partial charge in [-0.05, 0) is 32.5 Å². The molecule has 1 rings (SSSR count). The maximum absolute atomic E-state index is 6.97. The Hall–Kier alpha value is 0.611. The summed E-state index contributed by atoms with van der Waals surface area (Å²) in [5.41, 5.74) is 0.198. The van der Waals surface area contributed by atoms with Gasteiger partial charge in [0, 0.05) is 7.59 Å². The van der Waals surface area contributed by atoms with E-state index < -0.39 is 22.5 Å². The molecule has 0 saturated carbocycles. The number of hydrogen-bond donors (Lipinski definition) is 0. The lowest BCUT2D eigenvalue weighted by Crippen LogP contribution is -2.78. The maximum Gasteiger partial charge on any atom is 0.172 e. The van der Waals surface area contributed by atoms with Gasteiger partial charge in [-0.25, -0.2) is 0 Å². The van der Waals surface area contributed by atoms with E-state index in [-0.39, 0.29) is 5.60 Å². The van der Waals surface area contributed by atoms with Crippen LogP contribution in [0.3, 0.4) is 0 Å². The number of unbranched alkanes of at least 4 members (excludes halogenated alkanes) is 15. The zero-order valence-corrected chi connectivity index (χ0v) is 26.1. The average Bonchev–Trinajstić information content (AvgIpc) is 2.65. The van der Waals surface area contributed by atoms with Gasteiger partial charge in [0.25, 0.3) is 0 Å². The van der Waals surface area contributed by atoms with Gasteiger partial charge in [0.2, 0.25) is 0 Å².